The summed E-state index contributed by atoms with van der Waals surface area (Å²) in [6, 6.07) is -0.0478. The van der Waals surface area contributed by atoms with Gasteiger partial charge < -0.3 is 10.7 Å². The summed E-state index contributed by atoms with van der Waals surface area (Å²) in [5.74, 6) is 0.922. The maximum Gasteiger partial charge on any atom is 0.257 e. The highest BCUT2D eigenvalue weighted by molar-refractivity contribution is 7.89. The van der Waals surface area contributed by atoms with Crippen LogP contribution >= 0.6 is 0 Å². The molecule has 7 heteroatoms. The van der Waals surface area contributed by atoms with Crippen molar-refractivity contribution in [1.29, 1.82) is 0 Å². The SMILES string of the molecule is CCc1ncc(S(=O)(=O)NC2CCCC2CN)[nH]1. The third-order valence-corrected chi connectivity index (χ3v) is 4.90. The lowest BCUT2D eigenvalue weighted by atomic mass is 10.1. The maximum absolute atomic E-state index is 12.2. The Hall–Kier alpha value is -0.920. The van der Waals surface area contributed by atoms with Crippen LogP contribution in [0.1, 0.15) is 32.0 Å². The highest BCUT2D eigenvalue weighted by Crippen LogP contribution is 2.25. The normalized spacial score (nSPS) is 24.6. The second-order valence-electron chi connectivity index (χ2n) is 4.70. The van der Waals surface area contributed by atoms with E-state index in [4.69, 9.17) is 5.73 Å². The maximum atomic E-state index is 12.2. The van der Waals surface area contributed by atoms with Crippen molar-refractivity contribution in [2.24, 2.45) is 11.7 Å². The molecule has 0 spiro atoms. The minimum atomic E-state index is -3.50. The molecule has 1 aromatic rings. The van der Waals surface area contributed by atoms with Gasteiger partial charge in [0, 0.05) is 12.5 Å². The zero-order valence-electron chi connectivity index (χ0n) is 10.5. The minimum absolute atomic E-state index is 0.0478. The smallest absolute Gasteiger partial charge is 0.257 e. The lowest BCUT2D eigenvalue weighted by Crippen LogP contribution is -2.39. The van der Waals surface area contributed by atoms with E-state index in [1.165, 1.54) is 6.20 Å². The molecule has 2 atom stereocenters. The van der Waals surface area contributed by atoms with Crippen LogP contribution in [0.15, 0.2) is 11.2 Å². The Morgan fingerprint density at radius 3 is 2.94 bits per heavy atom. The minimum Gasteiger partial charge on any atom is -0.332 e. The summed E-state index contributed by atoms with van der Waals surface area (Å²) >= 11 is 0. The van der Waals surface area contributed by atoms with Crippen molar-refractivity contribution in [1.82, 2.24) is 14.7 Å². The largest absolute Gasteiger partial charge is 0.332 e. The molecule has 0 aromatic carbocycles. The average Bonchev–Trinajstić information content (AvgIpc) is 2.96. The van der Waals surface area contributed by atoms with E-state index in [0.29, 0.717) is 18.8 Å². The van der Waals surface area contributed by atoms with Gasteiger partial charge in [0.05, 0.1) is 6.20 Å². The van der Waals surface area contributed by atoms with Gasteiger partial charge in [0.15, 0.2) is 5.03 Å². The third kappa shape index (κ3) is 2.73. The van der Waals surface area contributed by atoms with E-state index < -0.39 is 10.0 Å². The molecule has 2 unspecified atom stereocenters. The van der Waals surface area contributed by atoms with Crippen molar-refractivity contribution < 1.29 is 8.42 Å². The molecule has 1 aliphatic rings. The number of sulfonamides is 1. The van der Waals surface area contributed by atoms with Gasteiger partial charge in [-0.15, -0.1) is 0 Å². The number of imidazole rings is 1. The number of nitrogens with zero attached hydrogens (tertiary/aromatic N) is 1. The predicted molar refractivity (Wildman–Crippen MR) is 68.5 cm³/mol. The van der Waals surface area contributed by atoms with E-state index in [2.05, 4.69) is 14.7 Å². The topological polar surface area (TPSA) is 101 Å². The number of hydrogen-bond donors (Lipinski definition) is 3. The monoisotopic (exact) mass is 272 g/mol. The lowest BCUT2D eigenvalue weighted by molar-refractivity contribution is 0.452. The number of H-pyrrole nitrogens is 1. The molecule has 1 heterocycles. The zero-order chi connectivity index (χ0) is 13.2. The molecule has 4 N–H and O–H groups in total. The van der Waals surface area contributed by atoms with Crippen LogP contribution in [0.4, 0.5) is 0 Å². The van der Waals surface area contributed by atoms with Crippen LogP contribution in [-0.2, 0) is 16.4 Å². The third-order valence-electron chi connectivity index (χ3n) is 3.50. The molecule has 0 amide bonds. The Bertz CT molecular complexity index is 497. The Morgan fingerprint density at radius 1 is 1.56 bits per heavy atom. The molecule has 0 radical (unpaired) electrons. The van der Waals surface area contributed by atoms with Crippen LogP contribution in [0.2, 0.25) is 0 Å². The van der Waals surface area contributed by atoms with Gasteiger partial charge in [-0.1, -0.05) is 13.3 Å². The quantitative estimate of drug-likeness (QED) is 0.721. The number of aromatic nitrogens is 2. The van der Waals surface area contributed by atoms with Crippen LogP contribution in [0.25, 0.3) is 0 Å². The molecule has 0 saturated heterocycles. The number of aromatic amines is 1. The molecular formula is C11H20N4O2S. The Labute approximate surface area is 107 Å². The van der Waals surface area contributed by atoms with E-state index in [1.54, 1.807) is 0 Å². The first kappa shape index (κ1) is 13.5. The zero-order valence-corrected chi connectivity index (χ0v) is 11.3. The van der Waals surface area contributed by atoms with Crippen LogP contribution in [0, 0.1) is 5.92 Å². The lowest BCUT2D eigenvalue weighted by Gasteiger charge is -2.18. The number of nitrogens with one attached hydrogen (secondary N) is 2. The molecule has 102 valence electrons. The molecule has 0 aliphatic heterocycles. The van der Waals surface area contributed by atoms with Crippen LogP contribution in [0.5, 0.6) is 0 Å². The van der Waals surface area contributed by atoms with Gasteiger partial charge in [0.2, 0.25) is 0 Å². The summed E-state index contributed by atoms with van der Waals surface area (Å²) in [4.78, 5) is 6.83. The van der Waals surface area contributed by atoms with E-state index in [0.717, 1.165) is 19.3 Å². The van der Waals surface area contributed by atoms with Gasteiger partial charge in [0.25, 0.3) is 10.0 Å². The van der Waals surface area contributed by atoms with Gasteiger partial charge in [-0.3, -0.25) is 0 Å². The predicted octanol–water partition coefficient (Wildman–Crippen LogP) is 0.378. The van der Waals surface area contributed by atoms with Crippen LogP contribution in [0.3, 0.4) is 0 Å². The van der Waals surface area contributed by atoms with Gasteiger partial charge in [0.1, 0.15) is 5.82 Å². The molecule has 1 saturated carbocycles. The number of nitrogens with two attached hydrogens (primary N) is 1. The first-order valence-electron chi connectivity index (χ1n) is 6.33. The van der Waals surface area contributed by atoms with Crippen molar-refractivity contribution in [2.45, 2.75) is 43.7 Å². The summed E-state index contributed by atoms with van der Waals surface area (Å²) in [5, 5.41) is 0.141. The van der Waals surface area contributed by atoms with Crippen molar-refractivity contribution >= 4 is 10.0 Å². The molecule has 6 nitrogen and oxygen atoms in total. The highest BCUT2D eigenvalue weighted by Gasteiger charge is 2.30. The van der Waals surface area contributed by atoms with Crippen molar-refractivity contribution in [3.05, 3.63) is 12.0 Å². The van der Waals surface area contributed by atoms with E-state index in [9.17, 15) is 8.42 Å². The van der Waals surface area contributed by atoms with Crippen molar-refractivity contribution in [3.8, 4) is 0 Å². The van der Waals surface area contributed by atoms with E-state index >= 15 is 0 Å². The first-order chi connectivity index (χ1) is 8.56. The molecule has 18 heavy (non-hydrogen) atoms. The van der Waals surface area contributed by atoms with Crippen molar-refractivity contribution in [2.75, 3.05) is 6.54 Å². The van der Waals surface area contributed by atoms with Gasteiger partial charge in [-0.2, -0.15) is 0 Å². The second kappa shape index (κ2) is 5.38. The number of rotatable bonds is 5. The van der Waals surface area contributed by atoms with Crippen LogP contribution < -0.4 is 10.5 Å². The summed E-state index contributed by atoms with van der Waals surface area (Å²) in [6.45, 7) is 2.44. The molecule has 1 aliphatic carbocycles. The Kier molecular flexibility index (Phi) is 4.04. The van der Waals surface area contributed by atoms with Gasteiger partial charge in [-0.05, 0) is 25.3 Å². The van der Waals surface area contributed by atoms with Gasteiger partial charge in [-0.25, -0.2) is 18.1 Å². The fraction of sp³-hybridized carbons (Fsp3) is 0.727. The molecule has 1 fully saturated rings. The standard InChI is InChI=1S/C11H20N4O2S/c1-2-10-13-7-11(14-10)18(16,17)15-9-5-3-4-8(9)6-12/h7-9,15H,2-6,12H2,1H3,(H,13,14). The number of aryl methyl sites for hydroxylation is 1. The highest BCUT2D eigenvalue weighted by atomic mass is 32.2. The molecule has 0 bridgehead atoms. The molecule has 1 aromatic heterocycles. The Morgan fingerprint density at radius 2 is 2.33 bits per heavy atom. The van der Waals surface area contributed by atoms with Crippen LogP contribution in [-0.4, -0.2) is 31.0 Å². The van der Waals surface area contributed by atoms with Gasteiger partial charge >= 0.3 is 0 Å². The van der Waals surface area contributed by atoms with Crippen molar-refractivity contribution in [3.63, 3.8) is 0 Å². The summed E-state index contributed by atoms with van der Waals surface area (Å²) in [5.41, 5.74) is 5.65. The Balaban J connectivity index is 2.11. The van der Waals surface area contributed by atoms with E-state index in [1.807, 2.05) is 6.92 Å². The molecular weight excluding hydrogens is 252 g/mol. The van der Waals surface area contributed by atoms with E-state index in [-0.39, 0.29) is 17.0 Å². The fourth-order valence-corrected chi connectivity index (χ4v) is 3.68. The molecule has 2 rings (SSSR count). The number of hydrogen-bond acceptors (Lipinski definition) is 4. The first-order valence-corrected chi connectivity index (χ1v) is 7.81. The average molecular weight is 272 g/mol. The summed E-state index contributed by atoms with van der Waals surface area (Å²) in [7, 11) is -3.50. The summed E-state index contributed by atoms with van der Waals surface area (Å²) < 4.78 is 27.0. The summed E-state index contributed by atoms with van der Waals surface area (Å²) in [6.07, 6.45) is 4.93. The second-order valence-corrected chi connectivity index (χ2v) is 6.38. The fourth-order valence-electron chi connectivity index (χ4n) is 2.40.